The Balaban J connectivity index is -0.000000605. The van der Waals surface area contributed by atoms with E-state index >= 15 is 0 Å². The van der Waals surface area contributed by atoms with Crippen molar-refractivity contribution in [1.82, 2.24) is 0 Å². The van der Waals surface area contributed by atoms with E-state index in [1.165, 1.54) is 13.0 Å². The molecule has 0 aliphatic rings. The highest BCUT2D eigenvalue weighted by molar-refractivity contribution is 5.51. The predicted molar refractivity (Wildman–Crippen MR) is 53.5 cm³/mol. The van der Waals surface area contributed by atoms with Crippen molar-refractivity contribution in [3.05, 3.63) is 6.92 Å². The van der Waals surface area contributed by atoms with Gasteiger partial charge in [-0.1, -0.05) is 0 Å². The normalized spacial score (nSPS) is 11.6. The first-order chi connectivity index (χ1) is 5.45. The first-order valence-electron chi connectivity index (χ1n) is 4.50. The molecule has 0 fully saturated rings. The predicted octanol–water partition coefficient (Wildman–Crippen LogP) is -5.10. The highest BCUT2D eigenvalue weighted by Crippen LogP contribution is 1.92. The second-order valence-corrected chi connectivity index (χ2v) is 4.20. The largest absolute Gasteiger partial charge is 1.00 e. The van der Waals surface area contributed by atoms with Crippen molar-refractivity contribution in [2.45, 2.75) is 12.8 Å². The van der Waals surface area contributed by atoms with Crippen LogP contribution < -0.4 is 24.8 Å². The van der Waals surface area contributed by atoms with Crippen molar-refractivity contribution in [2.75, 3.05) is 41.3 Å². The fourth-order valence-corrected chi connectivity index (χ4v) is 1.05. The Bertz CT molecular complexity index is 151. The molecule has 0 saturated heterocycles. The van der Waals surface area contributed by atoms with Crippen molar-refractivity contribution in [2.24, 2.45) is 0 Å². The molecule has 0 unspecified atom stereocenters. The minimum Gasteiger partial charge on any atom is -1.00 e. The van der Waals surface area contributed by atoms with Crippen molar-refractivity contribution in [1.29, 1.82) is 0 Å². The van der Waals surface area contributed by atoms with Crippen molar-refractivity contribution >= 4 is 6.21 Å². The smallest absolute Gasteiger partial charge is 0.242 e. The van der Waals surface area contributed by atoms with Gasteiger partial charge in [0.25, 0.3) is 0 Å². The lowest BCUT2D eigenvalue weighted by Crippen LogP contribution is -3.00. The molecule has 0 atom stereocenters. The van der Waals surface area contributed by atoms with E-state index in [4.69, 9.17) is 0 Å². The Morgan fingerprint density at radius 2 is 1.71 bits per heavy atom. The first kappa shape index (κ1) is 19.7. The van der Waals surface area contributed by atoms with E-state index in [0.717, 1.165) is 17.4 Å². The summed E-state index contributed by atoms with van der Waals surface area (Å²) in [6.07, 6.45) is 5.13. The van der Waals surface area contributed by atoms with Gasteiger partial charge < -0.3 is 29.3 Å². The van der Waals surface area contributed by atoms with Crippen LogP contribution in [0.15, 0.2) is 0 Å². The minimum absolute atomic E-state index is 0. The van der Waals surface area contributed by atoms with Crippen LogP contribution in [-0.4, -0.2) is 56.6 Å². The molecule has 0 aliphatic carbocycles. The SMILES string of the molecule is [CH2]C/[C]=[N+](\C)CCC[N+](C)(C)C.[Cl-].[Cl-]. The number of rotatable bonds is 5. The summed E-state index contributed by atoms with van der Waals surface area (Å²) in [7, 11) is 8.71. The van der Waals surface area contributed by atoms with Gasteiger partial charge in [-0.15, -0.1) is 0 Å². The molecule has 0 saturated carbocycles. The maximum Gasteiger partial charge on any atom is 0.242 e. The van der Waals surface area contributed by atoms with Gasteiger partial charge in [-0.3, -0.25) is 0 Å². The van der Waals surface area contributed by atoms with E-state index in [1.54, 1.807) is 0 Å². The van der Waals surface area contributed by atoms with Gasteiger partial charge in [-0.05, 0) is 6.92 Å². The lowest BCUT2D eigenvalue weighted by molar-refractivity contribution is -0.871. The summed E-state index contributed by atoms with van der Waals surface area (Å²) in [5.41, 5.74) is 0. The quantitative estimate of drug-likeness (QED) is 0.257. The minimum atomic E-state index is 0. The van der Waals surface area contributed by atoms with Crippen LogP contribution in [0.25, 0.3) is 0 Å². The Kier molecular flexibility index (Phi) is 13.7. The molecule has 14 heavy (non-hydrogen) atoms. The van der Waals surface area contributed by atoms with Gasteiger partial charge in [0.05, 0.1) is 34.1 Å². The lowest BCUT2D eigenvalue weighted by Gasteiger charge is -2.22. The molecular formula is C10H22Cl2N2. The van der Waals surface area contributed by atoms with Gasteiger partial charge in [-0.2, -0.15) is 0 Å². The van der Waals surface area contributed by atoms with Crippen LogP contribution in [0.4, 0.5) is 0 Å². The number of nitrogens with zero attached hydrogens (tertiary/aromatic N) is 2. The second-order valence-electron chi connectivity index (χ2n) is 4.20. The fourth-order valence-electron chi connectivity index (χ4n) is 1.05. The van der Waals surface area contributed by atoms with E-state index in [9.17, 15) is 0 Å². The third-order valence-corrected chi connectivity index (χ3v) is 1.70. The van der Waals surface area contributed by atoms with Crippen LogP contribution in [0.5, 0.6) is 0 Å². The Morgan fingerprint density at radius 1 is 1.21 bits per heavy atom. The molecule has 2 radical (unpaired) electrons. The highest BCUT2D eigenvalue weighted by atomic mass is 35.5. The van der Waals surface area contributed by atoms with E-state index in [-0.39, 0.29) is 24.8 Å². The van der Waals surface area contributed by atoms with Crippen LogP contribution in [0, 0.1) is 6.92 Å². The Hall–Kier alpha value is 0.210. The lowest BCUT2D eigenvalue weighted by atomic mass is 10.3. The zero-order valence-electron chi connectivity index (χ0n) is 9.69. The molecule has 0 N–H and O–H groups in total. The summed E-state index contributed by atoms with van der Waals surface area (Å²) < 4.78 is 3.14. The second kappa shape index (κ2) is 9.75. The van der Waals surface area contributed by atoms with Crippen LogP contribution >= 0.6 is 0 Å². The summed E-state index contributed by atoms with van der Waals surface area (Å²) in [6.45, 7) is 6.03. The van der Waals surface area contributed by atoms with Gasteiger partial charge in [0.2, 0.25) is 6.21 Å². The number of halogens is 2. The Morgan fingerprint density at radius 3 is 2.07 bits per heavy atom. The molecule has 0 aromatic carbocycles. The molecule has 0 heterocycles. The van der Waals surface area contributed by atoms with E-state index < -0.39 is 0 Å². The number of quaternary nitrogens is 1. The van der Waals surface area contributed by atoms with Gasteiger partial charge in [-0.25, -0.2) is 4.58 Å². The first-order valence-corrected chi connectivity index (χ1v) is 4.50. The summed E-state index contributed by atoms with van der Waals surface area (Å²) in [5.74, 6) is 0. The number of hydrogen-bond acceptors (Lipinski definition) is 0. The van der Waals surface area contributed by atoms with Crippen LogP contribution in [0.3, 0.4) is 0 Å². The molecule has 0 spiro atoms. The maximum atomic E-state index is 3.73. The fraction of sp³-hybridized carbons (Fsp3) is 0.800. The van der Waals surface area contributed by atoms with Crippen molar-refractivity contribution < 1.29 is 33.9 Å². The monoisotopic (exact) mass is 240 g/mol. The molecule has 0 rings (SSSR count). The molecule has 2 nitrogen and oxygen atoms in total. The number of hydrogen-bond donors (Lipinski definition) is 0. The molecule has 4 heteroatoms. The average molecular weight is 241 g/mol. The van der Waals surface area contributed by atoms with Gasteiger partial charge in [0.15, 0.2) is 0 Å². The summed E-state index contributed by atoms with van der Waals surface area (Å²) in [4.78, 5) is 0. The molecule has 0 amide bonds. The topological polar surface area (TPSA) is 3.01 Å². The molecule has 0 bridgehead atoms. The summed E-state index contributed by atoms with van der Waals surface area (Å²) >= 11 is 0. The molecule has 0 aromatic heterocycles. The van der Waals surface area contributed by atoms with Gasteiger partial charge in [0, 0.05) is 6.42 Å². The third kappa shape index (κ3) is 14.7. The van der Waals surface area contributed by atoms with E-state index in [2.05, 4.69) is 45.9 Å². The van der Waals surface area contributed by atoms with Crippen LogP contribution in [0.2, 0.25) is 0 Å². The molecule has 86 valence electrons. The zero-order chi connectivity index (χ0) is 9.61. The molecule has 0 aliphatic heterocycles. The average Bonchev–Trinajstić information content (AvgIpc) is 1.84. The maximum absolute atomic E-state index is 3.73. The zero-order valence-corrected chi connectivity index (χ0v) is 11.2. The summed E-state index contributed by atoms with van der Waals surface area (Å²) in [5, 5.41) is 0. The van der Waals surface area contributed by atoms with Crippen LogP contribution in [0.1, 0.15) is 12.8 Å². The highest BCUT2D eigenvalue weighted by Gasteiger charge is 2.07. The Labute approximate surface area is 101 Å². The molecule has 0 aromatic rings. The molecular weight excluding hydrogens is 219 g/mol. The van der Waals surface area contributed by atoms with Crippen LogP contribution in [-0.2, 0) is 0 Å². The van der Waals surface area contributed by atoms with Gasteiger partial charge >= 0.3 is 0 Å². The van der Waals surface area contributed by atoms with E-state index in [1.807, 2.05) is 0 Å². The van der Waals surface area contributed by atoms with Crippen molar-refractivity contribution in [3.8, 4) is 0 Å². The van der Waals surface area contributed by atoms with Crippen molar-refractivity contribution in [3.63, 3.8) is 0 Å². The van der Waals surface area contributed by atoms with E-state index in [0.29, 0.717) is 0 Å². The standard InChI is InChI=1S/C10H22N2.2ClH/c1-6-8-11(2)9-7-10-12(3,4)5;;/h1,6-7,9-10H2,2-5H3;2*1H/q+2;;/p-2. The summed E-state index contributed by atoms with van der Waals surface area (Å²) in [6, 6.07) is 0. The third-order valence-electron chi connectivity index (χ3n) is 1.70. The van der Waals surface area contributed by atoms with Gasteiger partial charge in [0.1, 0.15) is 13.6 Å².